The van der Waals surface area contributed by atoms with Crippen LogP contribution in [0.4, 0.5) is 5.69 Å². The molecule has 1 rings (SSSR count). The molecule has 0 aromatic heterocycles. The van der Waals surface area contributed by atoms with Crippen LogP contribution in [0, 0.1) is 12.3 Å². The topological polar surface area (TPSA) is 63.4 Å². The van der Waals surface area contributed by atoms with E-state index in [-0.39, 0.29) is 11.4 Å². The Labute approximate surface area is 110 Å². The second-order valence-corrected chi connectivity index (χ2v) is 6.09. The molecular formula is C11H13BrN2O2S. The maximum Gasteiger partial charge on any atom is 0.245 e. The van der Waals surface area contributed by atoms with Crippen LogP contribution < -0.4 is 5.73 Å². The van der Waals surface area contributed by atoms with Gasteiger partial charge in [-0.1, -0.05) is 12.8 Å². The summed E-state index contributed by atoms with van der Waals surface area (Å²) in [5.74, 6) is 2.33. The van der Waals surface area contributed by atoms with E-state index in [1.165, 1.54) is 10.4 Å². The maximum absolute atomic E-state index is 12.3. The Kier molecular flexibility index (Phi) is 4.57. The molecule has 0 atom stereocenters. The molecule has 4 nitrogen and oxygen atoms in total. The number of nitrogen functional groups attached to an aromatic ring is 1. The molecule has 6 heteroatoms. The molecule has 0 aliphatic rings. The zero-order valence-corrected chi connectivity index (χ0v) is 11.8. The van der Waals surface area contributed by atoms with E-state index in [9.17, 15) is 8.42 Å². The molecule has 0 unspecified atom stereocenters. The number of rotatable bonds is 4. The van der Waals surface area contributed by atoms with Crippen molar-refractivity contribution in [3.05, 3.63) is 22.7 Å². The van der Waals surface area contributed by atoms with Gasteiger partial charge in [0.2, 0.25) is 10.0 Å². The summed E-state index contributed by atoms with van der Waals surface area (Å²) in [4.78, 5) is 0.134. The van der Waals surface area contributed by atoms with Crippen LogP contribution in [-0.4, -0.2) is 25.8 Å². The molecule has 1 aromatic rings. The summed E-state index contributed by atoms with van der Waals surface area (Å²) in [6.45, 7) is 2.09. The van der Waals surface area contributed by atoms with E-state index < -0.39 is 10.0 Å². The summed E-state index contributed by atoms with van der Waals surface area (Å²) in [6.07, 6.45) is 5.16. The number of anilines is 1. The van der Waals surface area contributed by atoms with Crippen LogP contribution in [-0.2, 0) is 10.0 Å². The van der Waals surface area contributed by atoms with Gasteiger partial charge in [-0.25, -0.2) is 8.42 Å². The summed E-state index contributed by atoms with van der Waals surface area (Å²) >= 11 is 3.20. The van der Waals surface area contributed by atoms with Crippen molar-refractivity contribution in [3.63, 3.8) is 0 Å². The molecule has 17 heavy (non-hydrogen) atoms. The van der Waals surface area contributed by atoms with E-state index in [1.54, 1.807) is 19.1 Å². The van der Waals surface area contributed by atoms with Crippen LogP contribution in [0.1, 0.15) is 6.92 Å². The summed E-state index contributed by atoms with van der Waals surface area (Å²) in [7, 11) is -3.60. The van der Waals surface area contributed by atoms with Crippen LogP contribution in [0.5, 0.6) is 0 Å². The lowest BCUT2D eigenvalue weighted by molar-refractivity contribution is 0.463. The smallest absolute Gasteiger partial charge is 0.245 e. The van der Waals surface area contributed by atoms with Crippen molar-refractivity contribution in [1.82, 2.24) is 4.31 Å². The van der Waals surface area contributed by atoms with Gasteiger partial charge >= 0.3 is 0 Å². The average Bonchev–Trinajstić information content (AvgIpc) is 2.28. The highest BCUT2D eigenvalue weighted by Gasteiger charge is 2.24. The van der Waals surface area contributed by atoms with Crippen LogP contribution in [0.15, 0.2) is 27.6 Å². The quantitative estimate of drug-likeness (QED) is 0.679. The summed E-state index contributed by atoms with van der Waals surface area (Å²) < 4.78 is 26.2. The van der Waals surface area contributed by atoms with E-state index in [4.69, 9.17) is 12.2 Å². The minimum absolute atomic E-state index is 0.0417. The Balaban J connectivity index is 3.30. The molecule has 0 aliphatic heterocycles. The Bertz CT molecular complexity index is 549. The normalized spacial score (nSPS) is 11.4. The number of halogens is 1. The highest BCUT2D eigenvalue weighted by atomic mass is 79.9. The second kappa shape index (κ2) is 5.54. The monoisotopic (exact) mass is 316 g/mol. The summed E-state index contributed by atoms with van der Waals surface area (Å²) in [5, 5.41) is 0. The molecule has 0 spiro atoms. The van der Waals surface area contributed by atoms with E-state index in [0.29, 0.717) is 16.7 Å². The van der Waals surface area contributed by atoms with Crippen molar-refractivity contribution < 1.29 is 8.42 Å². The largest absolute Gasteiger partial charge is 0.399 e. The van der Waals surface area contributed by atoms with Gasteiger partial charge in [0.25, 0.3) is 0 Å². The average molecular weight is 317 g/mol. The standard InChI is InChI=1S/C11H13BrN2O2S/c1-3-7-14(4-2)17(15,16)11-8-9(13)5-6-10(11)12/h1,5-6,8H,4,7,13H2,2H3. The fraction of sp³-hybridized carbons (Fsp3) is 0.273. The zero-order chi connectivity index (χ0) is 13.1. The molecular weight excluding hydrogens is 304 g/mol. The molecule has 0 saturated heterocycles. The van der Waals surface area contributed by atoms with Crippen molar-refractivity contribution in [2.24, 2.45) is 0 Å². The first-order valence-corrected chi connectivity index (χ1v) is 7.15. The van der Waals surface area contributed by atoms with Crippen molar-refractivity contribution in [2.45, 2.75) is 11.8 Å². The molecule has 0 saturated carbocycles. The Morgan fingerprint density at radius 1 is 1.53 bits per heavy atom. The van der Waals surface area contributed by atoms with Gasteiger partial charge in [0.15, 0.2) is 0 Å². The van der Waals surface area contributed by atoms with Gasteiger partial charge in [-0.2, -0.15) is 4.31 Å². The summed E-state index contributed by atoms with van der Waals surface area (Å²) in [5.41, 5.74) is 5.99. The Morgan fingerprint density at radius 3 is 2.71 bits per heavy atom. The van der Waals surface area contributed by atoms with Crippen LogP contribution in [0.3, 0.4) is 0 Å². The third kappa shape index (κ3) is 3.00. The Morgan fingerprint density at radius 2 is 2.18 bits per heavy atom. The number of hydrogen-bond acceptors (Lipinski definition) is 3. The molecule has 0 amide bonds. The number of nitrogens with zero attached hydrogens (tertiary/aromatic N) is 1. The lowest BCUT2D eigenvalue weighted by Crippen LogP contribution is -2.31. The van der Waals surface area contributed by atoms with Crippen molar-refractivity contribution >= 4 is 31.6 Å². The lowest BCUT2D eigenvalue weighted by atomic mass is 10.3. The van der Waals surface area contributed by atoms with E-state index in [1.807, 2.05) is 0 Å². The molecule has 0 radical (unpaired) electrons. The third-order valence-electron chi connectivity index (χ3n) is 2.19. The van der Waals surface area contributed by atoms with Gasteiger partial charge < -0.3 is 5.73 Å². The minimum Gasteiger partial charge on any atom is -0.399 e. The third-order valence-corrected chi connectivity index (χ3v) is 5.11. The minimum atomic E-state index is -3.60. The van der Waals surface area contributed by atoms with Gasteiger partial charge in [0.05, 0.1) is 11.4 Å². The maximum atomic E-state index is 12.3. The molecule has 92 valence electrons. The Hall–Kier alpha value is -1.03. The van der Waals surface area contributed by atoms with Crippen LogP contribution >= 0.6 is 15.9 Å². The van der Waals surface area contributed by atoms with Crippen molar-refractivity contribution in [3.8, 4) is 12.3 Å². The second-order valence-electron chi connectivity index (χ2n) is 3.33. The fourth-order valence-corrected chi connectivity index (χ4v) is 3.65. The SMILES string of the molecule is C#CCN(CC)S(=O)(=O)c1cc(N)ccc1Br. The lowest BCUT2D eigenvalue weighted by Gasteiger charge is -2.18. The predicted octanol–water partition coefficient (Wildman–Crippen LogP) is 1.68. The summed E-state index contributed by atoms with van der Waals surface area (Å²) in [6, 6.07) is 4.64. The van der Waals surface area contributed by atoms with E-state index in [2.05, 4.69) is 21.9 Å². The molecule has 0 aliphatic carbocycles. The molecule has 2 N–H and O–H groups in total. The highest BCUT2D eigenvalue weighted by molar-refractivity contribution is 9.10. The van der Waals surface area contributed by atoms with Crippen LogP contribution in [0.25, 0.3) is 0 Å². The van der Waals surface area contributed by atoms with Gasteiger partial charge in [0.1, 0.15) is 0 Å². The number of nitrogens with two attached hydrogens (primary N) is 1. The number of terminal acetylenes is 1. The van der Waals surface area contributed by atoms with Crippen molar-refractivity contribution in [1.29, 1.82) is 0 Å². The van der Waals surface area contributed by atoms with Crippen LogP contribution in [0.2, 0.25) is 0 Å². The molecule has 0 bridgehead atoms. The molecule has 0 heterocycles. The first-order chi connectivity index (χ1) is 7.93. The first-order valence-electron chi connectivity index (χ1n) is 4.92. The highest BCUT2D eigenvalue weighted by Crippen LogP contribution is 2.26. The first kappa shape index (κ1) is 14.0. The van der Waals surface area contributed by atoms with E-state index >= 15 is 0 Å². The van der Waals surface area contributed by atoms with Gasteiger partial charge in [-0.15, -0.1) is 6.42 Å². The fourth-order valence-electron chi connectivity index (χ4n) is 1.33. The predicted molar refractivity (Wildman–Crippen MR) is 71.8 cm³/mol. The molecule has 0 fully saturated rings. The number of sulfonamides is 1. The van der Waals surface area contributed by atoms with Gasteiger partial charge in [0, 0.05) is 16.7 Å². The number of hydrogen-bond donors (Lipinski definition) is 1. The van der Waals surface area contributed by atoms with Gasteiger partial charge in [-0.05, 0) is 34.1 Å². The number of benzene rings is 1. The molecule has 1 aromatic carbocycles. The van der Waals surface area contributed by atoms with Gasteiger partial charge in [-0.3, -0.25) is 0 Å². The van der Waals surface area contributed by atoms with Crippen molar-refractivity contribution in [2.75, 3.05) is 18.8 Å². The zero-order valence-electron chi connectivity index (χ0n) is 9.35. The van der Waals surface area contributed by atoms with E-state index in [0.717, 1.165) is 0 Å².